The number of fused-ring (bicyclic) bond motifs is 1. The van der Waals surface area contributed by atoms with Crippen LogP contribution in [-0.4, -0.2) is 23.9 Å². The van der Waals surface area contributed by atoms with Crippen LogP contribution in [0.2, 0.25) is 0 Å². The van der Waals surface area contributed by atoms with Crippen LogP contribution >= 0.6 is 15.9 Å². The number of rotatable bonds is 5. The normalized spacial score (nSPS) is 16.3. The van der Waals surface area contributed by atoms with E-state index in [1.54, 1.807) is 12.1 Å². The van der Waals surface area contributed by atoms with Crippen molar-refractivity contribution in [3.8, 4) is 0 Å². The summed E-state index contributed by atoms with van der Waals surface area (Å²) in [6, 6.07) is 19.5. The Hall–Kier alpha value is -2.83. The van der Waals surface area contributed by atoms with Gasteiger partial charge in [-0.25, -0.2) is 0 Å². The fraction of sp³-hybridized carbons (Fsp3) is 0.269. The van der Waals surface area contributed by atoms with Gasteiger partial charge < -0.3 is 14.2 Å². The van der Waals surface area contributed by atoms with Crippen molar-refractivity contribution in [3.63, 3.8) is 0 Å². The van der Waals surface area contributed by atoms with Crippen LogP contribution < -0.4 is 5.32 Å². The highest BCUT2D eigenvalue weighted by atomic mass is 79.9. The molecule has 5 rings (SSSR count). The molecule has 0 aliphatic carbocycles. The first-order chi connectivity index (χ1) is 15.6. The molecule has 1 aliphatic rings. The molecule has 6 heteroatoms. The van der Waals surface area contributed by atoms with Crippen LogP contribution in [0, 0.1) is 5.92 Å². The van der Waals surface area contributed by atoms with Crippen molar-refractivity contribution in [2.24, 2.45) is 5.92 Å². The fourth-order valence-electron chi connectivity index (χ4n) is 4.43. The van der Waals surface area contributed by atoms with Gasteiger partial charge in [0.15, 0.2) is 5.76 Å². The zero-order valence-electron chi connectivity index (χ0n) is 17.9. The van der Waals surface area contributed by atoms with E-state index in [4.69, 9.17) is 8.83 Å². The summed E-state index contributed by atoms with van der Waals surface area (Å²) in [5.74, 6) is 1.45. The fourth-order valence-corrected chi connectivity index (χ4v) is 4.69. The molecule has 2 aromatic carbocycles. The van der Waals surface area contributed by atoms with Crippen molar-refractivity contribution < 1.29 is 13.6 Å². The Kier molecular flexibility index (Phi) is 5.89. The average Bonchev–Trinajstić information content (AvgIpc) is 3.46. The van der Waals surface area contributed by atoms with Gasteiger partial charge in [-0.1, -0.05) is 47.1 Å². The van der Waals surface area contributed by atoms with E-state index in [9.17, 15) is 4.79 Å². The number of furan rings is 2. The standard InChI is InChI=1S/C26H25BrN2O3/c1-17-12-14-29(15-13-17)24(18-8-10-19(27)11-9-18)25-23(20-5-2-3-6-21(20)32-25)28-26(30)22-7-4-16-31-22/h2-11,16-17,24H,12-15H2,1H3,(H,28,30). The molecule has 2 aromatic heterocycles. The van der Waals surface area contributed by atoms with Crippen molar-refractivity contribution in [2.75, 3.05) is 18.4 Å². The number of nitrogens with zero attached hydrogens (tertiary/aromatic N) is 1. The predicted octanol–water partition coefficient (Wildman–Crippen LogP) is 6.86. The second kappa shape index (κ2) is 8.96. The number of para-hydroxylation sites is 1. The second-order valence-electron chi connectivity index (χ2n) is 8.44. The molecule has 0 spiro atoms. The van der Waals surface area contributed by atoms with E-state index in [1.165, 1.54) is 6.26 Å². The summed E-state index contributed by atoms with van der Waals surface area (Å²) in [5.41, 5.74) is 2.59. The van der Waals surface area contributed by atoms with Crippen molar-refractivity contribution in [1.29, 1.82) is 0 Å². The maximum atomic E-state index is 12.9. The number of piperidine rings is 1. The van der Waals surface area contributed by atoms with E-state index in [0.29, 0.717) is 11.6 Å². The number of halogens is 1. The van der Waals surface area contributed by atoms with Crippen LogP contribution in [0.25, 0.3) is 11.0 Å². The zero-order chi connectivity index (χ0) is 22.1. The van der Waals surface area contributed by atoms with Crippen molar-refractivity contribution >= 4 is 38.5 Å². The molecule has 0 bridgehead atoms. The Morgan fingerprint density at radius 1 is 1.06 bits per heavy atom. The lowest BCUT2D eigenvalue weighted by Crippen LogP contribution is -2.37. The summed E-state index contributed by atoms with van der Waals surface area (Å²) >= 11 is 3.55. The summed E-state index contributed by atoms with van der Waals surface area (Å²) in [5, 5.41) is 3.97. The van der Waals surface area contributed by atoms with Crippen LogP contribution in [0.5, 0.6) is 0 Å². The number of benzene rings is 2. The summed E-state index contributed by atoms with van der Waals surface area (Å²) in [7, 11) is 0. The summed E-state index contributed by atoms with van der Waals surface area (Å²) in [4.78, 5) is 15.4. The molecule has 5 nitrogen and oxygen atoms in total. The van der Waals surface area contributed by atoms with Gasteiger partial charge in [0.1, 0.15) is 11.3 Å². The summed E-state index contributed by atoms with van der Waals surface area (Å²) in [6.45, 7) is 4.26. The van der Waals surface area contributed by atoms with E-state index in [1.807, 2.05) is 24.3 Å². The number of carbonyl (C=O) groups is 1. The predicted molar refractivity (Wildman–Crippen MR) is 129 cm³/mol. The smallest absolute Gasteiger partial charge is 0.291 e. The Morgan fingerprint density at radius 3 is 2.53 bits per heavy atom. The highest BCUT2D eigenvalue weighted by Gasteiger charge is 2.32. The first kappa shape index (κ1) is 21.0. The largest absolute Gasteiger partial charge is 0.459 e. The molecule has 1 unspecified atom stereocenters. The number of anilines is 1. The number of amides is 1. The molecule has 0 saturated carbocycles. The van der Waals surface area contributed by atoms with Crippen molar-refractivity contribution in [1.82, 2.24) is 4.90 Å². The first-order valence-corrected chi connectivity index (χ1v) is 11.8. The molecule has 32 heavy (non-hydrogen) atoms. The molecule has 1 N–H and O–H groups in total. The Balaban J connectivity index is 1.63. The third-order valence-electron chi connectivity index (χ3n) is 6.22. The molecule has 1 aliphatic heterocycles. The third kappa shape index (κ3) is 4.12. The number of hydrogen-bond acceptors (Lipinski definition) is 4. The van der Waals surface area contributed by atoms with E-state index < -0.39 is 0 Å². The molecule has 1 atom stereocenters. The van der Waals surface area contributed by atoms with Gasteiger partial charge in [-0.15, -0.1) is 0 Å². The quantitative estimate of drug-likeness (QED) is 0.330. The highest BCUT2D eigenvalue weighted by molar-refractivity contribution is 9.10. The van der Waals surface area contributed by atoms with Gasteiger partial charge in [-0.05, 0) is 73.8 Å². The topological polar surface area (TPSA) is 58.6 Å². The van der Waals surface area contributed by atoms with E-state index >= 15 is 0 Å². The van der Waals surface area contributed by atoms with E-state index in [2.05, 4.69) is 57.3 Å². The minimum absolute atomic E-state index is 0.102. The lowest BCUT2D eigenvalue weighted by atomic mass is 9.94. The maximum Gasteiger partial charge on any atom is 0.291 e. The molecular formula is C26H25BrN2O3. The summed E-state index contributed by atoms with van der Waals surface area (Å²) in [6.07, 6.45) is 3.78. The van der Waals surface area contributed by atoms with Crippen molar-refractivity contribution in [3.05, 3.63) is 88.5 Å². The van der Waals surface area contributed by atoms with Crippen LogP contribution in [-0.2, 0) is 0 Å². The summed E-state index contributed by atoms with van der Waals surface area (Å²) < 4.78 is 12.8. The number of nitrogens with one attached hydrogen (secondary N) is 1. The molecule has 1 amide bonds. The lowest BCUT2D eigenvalue weighted by Gasteiger charge is -2.36. The van der Waals surface area contributed by atoms with Gasteiger partial charge in [0, 0.05) is 9.86 Å². The van der Waals surface area contributed by atoms with Crippen LogP contribution in [0.4, 0.5) is 5.69 Å². The zero-order valence-corrected chi connectivity index (χ0v) is 19.5. The number of likely N-dealkylation sites (tertiary alicyclic amines) is 1. The minimum atomic E-state index is -0.287. The van der Waals surface area contributed by atoms with Gasteiger partial charge in [0.25, 0.3) is 5.91 Å². The molecule has 164 valence electrons. The molecule has 4 aromatic rings. The maximum absolute atomic E-state index is 12.9. The first-order valence-electron chi connectivity index (χ1n) is 11.0. The Labute approximate surface area is 195 Å². The van der Waals surface area contributed by atoms with Crippen LogP contribution in [0.15, 0.2) is 80.2 Å². The number of carbonyl (C=O) groups excluding carboxylic acids is 1. The minimum Gasteiger partial charge on any atom is -0.459 e. The molecule has 1 fully saturated rings. The lowest BCUT2D eigenvalue weighted by molar-refractivity contribution is 0.0995. The van der Waals surface area contributed by atoms with Gasteiger partial charge in [0.05, 0.1) is 18.0 Å². The Morgan fingerprint density at radius 2 is 1.81 bits per heavy atom. The van der Waals surface area contributed by atoms with Crippen LogP contribution in [0.1, 0.15) is 47.7 Å². The average molecular weight is 493 g/mol. The number of hydrogen-bond donors (Lipinski definition) is 1. The molecule has 1 saturated heterocycles. The van der Waals surface area contributed by atoms with E-state index in [-0.39, 0.29) is 17.7 Å². The van der Waals surface area contributed by atoms with Gasteiger partial charge in [0.2, 0.25) is 0 Å². The highest BCUT2D eigenvalue weighted by Crippen LogP contribution is 2.42. The Bertz CT molecular complexity index is 1210. The molecule has 3 heterocycles. The molecular weight excluding hydrogens is 468 g/mol. The third-order valence-corrected chi connectivity index (χ3v) is 6.75. The SMILES string of the molecule is CC1CCN(C(c2ccc(Br)cc2)c2oc3ccccc3c2NC(=O)c2ccco2)CC1. The monoisotopic (exact) mass is 492 g/mol. The van der Waals surface area contributed by atoms with Gasteiger partial charge in [-0.2, -0.15) is 0 Å². The van der Waals surface area contributed by atoms with Crippen molar-refractivity contribution in [2.45, 2.75) is 25.8 Å². The van der Waals surface area contributed by atoms with Gasteiger partial charge >= 0.3 is 0 Å². The second-order valence-corrected chi connectivity index (χ2v) is 9.36. The molecule has 0 radical (unpaired) electrons. The van der Waals surface area contributed by atoms with Gasteiger partial charge in [-0.3, -0.25) is 9.69 Å². The van der Waals surface area contributed by atoms with E-state index in [0.717, 1.165) is 52.7 Å². The van der Waals surface area contributed by atoms with Crippen LogP contribution in [0.3, 0.4) is 0 Å².